The molecule has 4 nitrogen and oxygen atoms in total. The van der Waals surface area contributed by atoms with Gasteiger partial charge in [0.1, 0.15) is 12.4 Å². The van der Waals surface area contributed by atoms with Crippen molar-refractivity contribution in [2.75, 3.05) is 14.2 Å². The molecule has 1 aromatic carbocycles. The van der Waals surface area contributed by atoms with Gasteiger partial charge in [-0.2, -0.15) is 0 Å². The van der Waals surface area contributed by atoms with E-state index in [1.165, 1.54) is 0 Å². The Bertz CT molecular complexity index is 558. The van der Waals surface area contributed by atoms with Gasteiger partial charge in [0.05, 0.1) is 7.11 Å². The summed E-state index contributed by atoms with van der Waals surface area (Å²) in [5.74, 6) is 1.46. The van der Waals surface area contributed by atoms with Gasteiger partial charge in [-0.05, 0) is 43.3 Å². The second kappa shape index (κ2) is 6.91. The fourth-order valence-electron chi connectivity index (χ4n) is 1.86. The van der Waals surface area contributed by atoms with Gasteiger partial charge in [0, 0.05) is 18.3 Å². The number of nitrogens with one attached hydrogen (secondary N) is 1. The molecular formula is C16H20N2O2. The summed E-state index contributed by atoms with van der Waals surface area (Å²) in [5, 5.41) is 3.20. The SMILES string of the molecule is CNC(C)c1ccnc(OCc2cccc(OC)c2)c1. The monoisotopic (exact) mass is 272 g/mol. The summed E-state index contributed by atoms with van der Waals surface area (Å²) in [4.78, 5) is 4.23. The molecule has 1 atom stereocenters. The molecule has 4 heteroatoms. The zero-order valence-corrected chi connectivity index (χ0v) is 12.1. The molecule has 0 fully saturated rings. The number of hydrogen-bond donors (Lipinski definition) is 1. The van der Waals surface area contributed by atoms with Gasteiger partial charge in [0.25, 0.3) is 0 Å². The molecule has 2 rings (SSSR count). The molecule has 1 aromatic heterocycles. The molecule has 0 radical (unpaired) electrons. The van der Waals surface area contributed by atoms with Crippen molar-refractivity contribution in [2.24, 2.45) is 0 Å². The van der Waals surface area contributed by atoms with Gasteiger partial charge in [-0.3, -0.25) is 0 Å². The lowest BCUT2D eigenvalue weighted by molar-refractivity contribution is 0.292. The van der Waals surface area contributed by atoms with E-state index in [0.717, 1.165) is 16.9 Å². The third kappa shape index (κ3) is 3.71. The molecule has 0 saturated heterocycles. The van der Waals surface area contributed by atoms with Crippen molar-refractivity contribution in [3.63, 3.8) is 0 Å². The smallest absolute Gasteiger partial charge is 0.213 e. The second-order valence-corrected chi connectivity index (χ2v) is 4.58. The highest BCUT2D eigenvalue weighted by atomic mass is 16.5. The number of hydrogen-bond acceptors (Lipinski definition) is 4. The summed E-state index contributed by atoms with van der Waals surface area (Å²) < 4.78 is 10.9. The Hall–Kier alpha value is -2.07. The van der Waals surface area contributed by atoms with Crippen molar-refractivity contribution in [3.05, 3.63) is 53.7 Å². The molecule has 0 spiro atoms. The first kappa shape index (κ1) is 14.3. The zero-order valence-electron chi connectivity index (χ0n) is 12.1. The number of aromatic nitrogens is 1. The molecule has 0 aliphatic heterocycles. The molecule has 1 heterocycles. The lowest BCUT2D eigenvalue weighted by atomic mass is 10.1. The second-order valence-electron chi connectivity index (χ2n) is 4.58. The van der Waals surface area contributed by atoms with Crippen LogP contribution >= 0.6 is 0 Å². The molecule has 0 saturated carbocycles. The minimum Gasteiger partial charge on any atom is -0.497 e. The van der Waals surface area contributed by atoms with Crippen LogP contribution in [-0.2, 0) is 6.61 Å². The fraction of sp³-hybridized carbons (Fsp3) is 0.312. The van der Waals surface area contributed by atoms with Crippen molar-refractivity contribution < 1.29 is 9.47 Å². The van der Waals surface area contributed by atoms with Crippen LogP contribution in [0.3, 0.4) is 0 Å². The quantitative estimate of drug-likeness (QED) is 0.878. The maximum Gasteiger partial charge on any atom is 0.213 e. The van der Waals surface area contributed by atoms with E-state index in [2.05, 4.69) is 17.2 Å². The van der Waals surface area contributed by atoms with E-state index in [1.807, 2.05) is 43.4 Å². The van der Waals surface area contributed by atoms with E-state index < -0.39 is 0 Å². The van der Waals surface area contributed by atoms with Crippen molar-refractivity contribution in [1.82, 2.24) is 10.3 Å². The fourth-order valence-corrected chi connectivity index (χ4v) is 1.86. The van der Waals surface area contributed by atoms with Gasteiger partial charge >= 0.3 is 0 Å². The average Bonchev–Trinajstić information content (AvgIpc) is 2.52. The van der Waals surface area contributed by atoms with Gasteiger partial charge in [0.15, 0.2) is 0 Å². The van der Waals surface area contributed by atoms with E-state index in [-0.39, 0.29) is 6.04 Å². The van der Waals surface area contributed by atoms with Gasteiger partial charge in [0.2, 0.25) is 5.88 Å². The molecule has 0 aliphatic carbocycles. The number of benzene rings is 1. The Balaban J connectivity index is 2.03. The lowest BCUT2D eigenvalue weighted by Crippen LogP contribution is -2.12. The Kier molecular flexibility index (Phi) is 4.96. The molecule has 106 valence electrons. The zero-order chi connectivity index (χ0) is 14.4. The summed E-state index contributed by atoms with van der Waals surface area (Å²) in [6, 6.07) is 12.0. The third-order valence-corrected chi connectivity index (χ3v) is 3.21. The van der Waals surface area contributed by atoms with Crippen molar-refractivity contribution in [3.8, 4) is 11.6 Å². The minimum atomic E-state index is 0.275. The number of methoxy groups -OCH3 is 1. The Morgan fingerprint density at radius 2 is 2.10 bits per heavy atom. The lowest BCUT2D eigenvalue weighted by Gasteiger charge is -2.12. The van der Waals surface area contributed by atoms with Crippen LogP contribution in [0.15, 0.2) is 42.6 Å². The van der Waals surface area contributed by atoms with Crippen molar-refractivity contribution >= 4 is 0 Å². The van der Waals surface area contributed by atoms with Crippen LogP contribution in [0.2, 0.25) is 0 Å². The number of nitrogens with zero attached hydrogens (tertiary/aromatic N) is 1. The van der Waals surface area contributed by atoms with Crippen LogP contribution in [0.1, 0.15) is 24.1 Å². The third-order valence-electron chi connectivity index (χ3n) is 3.21. The van der Waals surface area contributed by atoms with Gasteiger partial charge in [-0.1, -0.05) is 12.1 Å². The first-order valence-electron chi connectivity index (χ1n) is 6.62. The summed E-state index contributed by atoms with van der Waals surface area (Å²) in [6.07, 6.45) is 1.77. The highest BCUT2D eigenvalue weighted by Crippen LogP contribution is 2.18. The summed E-state index contributed by atoms with van der Waals surface area (Å²) in [6.45, 7) is 2.57. The van der Waals surface area contributed by atoms with Gasteiger partial charge in [-0.25, -0.2) is 4.98 Å². The average molecular weight is 272 g/mol. The molecule has 2 aromatic rings. The predicted octanol–water partition coefficient (Wildman–Crippen LogP) is 2.95. The van der Waals surface area contributed by atoms with Crippen LogP contribution in [0, 0.1) is 0 Å². The minimum absolute atomic E-state index is 0.275. The van der Waals surface area contributed by atoms with Crippen LogP contribution in [0.5, 0.6) is 11.6 Å². The van der Waals surface area contributed by atoms with E-state index in [1.54, 1.807) is 13.3 Å². The molecule has 20 heavy (non-hydrogen) atoms. The number of pyridine rings is 1. The van der Waals surface area contributed by atoms with E-state index in [0.29, 0.717) is 12.5 Å². The molecular weight excluding hydrogens is 252 g/mol. The first-order chi connectivity index (χ1) is 9.72. The van der Waals surface area contributed by atoms with Gasteiger partial charge in [-0.15, -0.1) is 0 Å². The standard InChI is InChI=1S/C16H20N2O2/c1-12(17-2)14-7-8-18-16(10-14)20-11-13-5-4-6-15(9-13)19-3/h4-10,12,17H,11H2,1-3H3. The van der Waals surface area contributed by atoms with Crippen LogP contribution in [0.25, 0.3) is 0 Å². The maximum atomic E-state index is 5.73. The molecule has 0 amide bonds. The van der Waals surface area contributed by atoms with Gasteiger partial charge < -0.3 is 14.8 Å². The molecule has 0 aliphatic rings. The maximum absolute atomic E-state index is 5.73. The molecule has 1 unspecified atom stereocenters. The molecule has 0 bridgehead atoms. The highest BCUT2D eigenvalue weighted by Gasteiger charge is 2.05. The van der Waals surface area contributed by atoms with Crippen LogP contribution in [0.4, 0.5) is 0 Å². The van der Waals surface area contributed by atoms with E-state index >= 15 is 0 Å². The Morgan fingerprint density at radius 1 is 1.25 bits per heavy atom. The summed E-state index contributed by atoms with van der Waals surface area (Å²) in [5.41, 5.74) is 2.21. The molecule has 1 N–H and O–H groups in total. The summed E-state index contributed by atoms with van der Waals surface area (Å²) in [7, 11) is 3.59. The number of ether oxygens (including phenoxy) is 2. The van der Waals surface area contributed by atoms with E-state index in [4.69, 9.17) is 9.47 Å². The van der Waals surface area contributed by atoms with Crippen LogP contribution in [-0.4, -0.2) is 19.1 Å². The topological polar surface area (TPSA) is 43.4 Å². The normalized spacial score (nSPS) is 11.9. The Morgan fingerprint density at radius 3 is 2.85 bits per heavy atom. The Labute approximate surface area is 119 Å². The highest BCUT2D eigenvalue weighted by molar-refractivity contribution is 5.29. The largest absolute Gasteiger partial charge is 0.497 e. The summed E-state index contributed by atoms with van der Waals surface area (Å²) >= 11 is 0. The van der Waals surface area contributed by atoms with Crippen molar-refractivity contribution in [2.45, 2.75) is 19.6 Å². The van der Waals surface area contributed by atoms with Crippen molar-refractivity contribution in [1.29, 1.82) is 0 Å². The number of rotatable bonds is 6. The predicted molar refractivity (Wildman–Crippen MR) is 79.0 cm³/mol. The van der Waals surface area contributed by atoms with E-state index in [9.17, 15) is 0 Å². The first-order valence-corrected chi connectivity index (χ1v) is 6.62. The van der Waals surface area contributed by atoms with Crippen LogP contribution < -0.4 is 14.8 Å².